The van der Waals surface area contributed by atoms with Crippen LogP contribution in [-0.2, 0) is 27.7 Å². The van der Waals surface area contributed by atoms with E-state index in [0.717, 1.165) is 31.2 Å². The van der Waals surface area contributed by atoms with Crippen LogP contribution < -0.4 is 5.32 Å². The molecule has 0 atom stereocenters. The van der Waals surface area contributed by atoms with Crippen molar-refractivity contribution in [2.75, 3.05) is 18.4 Å². The smallest absolute Gasteiger partial charge is 0.322 e. The Balaban J connectivity index is 1.40. The number of amides is 1. The lowest BCUT2D eigenvalue weighted by atomic mass is 9.92. The van der Waals surface area contributed by atoms with Crippen LogP contribution in [0, 0.1) is 12.8 Å². The molecule has 150 valence electrons. The third kappa shape index (κ3) is 3.81. The number of sulfonamides is 1. The molecule has 1 aromatic carbocycles. The number of aromatic nitrogens is 2. The first-order valence-corrected chi connectivity index (χ1v) is 11.1. The van der Waals surface area contributed by atoms with Gasteiger partial charge in [0.1, 0.15) is 0 Å². The number of anilines is 1. The van der Waals surface area contributed by atoms with Gasteiger partial charge in [0.15, 0.2) is 0 Å². The van der Waals surface area contributed by atoms with E-state index in [9.17, 15) is 13.2 Å². The molecule has 2 heterocycles. The molecule has 1 amide bonds. The molecule has 1 aliphatic heterocycles. The van der Waals surface area contributed by atoms with Gasteiger partial charge in [0, 0.05) is 25.9 Å². The van der Waals surface area contributed by atoms with E-state index in [1.807, 2.05) is 12.1 Å². The Morgan fingerprint density at radius 3 is 2.54 bits per heavy atom. The van der Waals surface area contributed by atoms with Gasteiger partial charge < -0.3 is 4.42 Å². The molecule has 9 heteroatoms. The van der Waals surface area contributed by atoms with Gasteiger partial charge in [-0.05, 0) is 61.8 Å². The van der Waals surface area contributed by atoms with Crippen molar-refractivity contribution in [1.29, 1.82) is 0 Å². The zero-order valence-corrected chi connectivity index (χ0v) is 16.7. The second kappa shape index (κ2) is 7.63. The summed E-state index contributed by atoms with van der Waals surface area (Å²) in [5.41, 5.74) is 2.41. The van der Waals surface area contributed by atoms with Crippen LogP contribution in [0.2, 0.25) is 0 Å². The summed E-state index contributed by atoms with van der Waals surface area (Å²) in [6.07, 6.45) is 5.16. The van der Waals surface area contributed by atoms with E-state index in [1.54, 1.807) is 13.0 Å². The first-order valence-electron chi connectivity index (χ1n) is 9.66. The molecule has 0 bridgehead atoms. The van der Waals surface area contributed by atoms with E-state index in [1.165, 1.54) is 9.87 Å². The summed E-state index contributed by atoms with van der Waals surface area (Å²) >= 11 is 0. The zero-order chi connectivity index (χ0) is 19.7. The van der Waals surface area contributed by atoms with E-state index in [2.05, 4.69) is 15.5 Å². The van der Waals surface area contributed by atoms with Crippen molar-refractivity contribution in [3.05, 3.63) is 35.2 Å². The van der Waals surface area contributed by atoms with Crippen molar-refractivity contribution in [3.63, 3.8) is 0 Å². The normalized spacial score (nSPS) is 18.6. The van der Waals surface area contributed by atoms with Gasteiger partial charge in [-0.3, -0.25) is 10.1 Å². The minimum atomic E-state index is -3.54. The zero-order valence-electron chi connectivity index (χ0n) is 15.8. The van der Waals surface area contributed by atoms with E-state index >= 15 is 0 Å². The van der Waals surface area contributed by atoms with Crippen LogP contribution in [-0.4, -0.2) is 41.9 Å². The maximum atomic E-state index is 13.0. The standard InChI is InChI=1S/C19H24N4O4S/c1-13-21-22-19(27-13)20-18(24)15-8-10-23(11-9-15)28(25,26)17-7-6-14-4-2-3-5-16(14)12-17/h6-7,12,15H,2-5,8-11H2,1H3,(H,20,22,24). The predicted molar refractivity (Wildman–Crippen MR) is 102 cm³/mol. The Bertz CT molecular complexity index is 978. The lowest BCUT2D eigenvalue weighted by molar-refractivity contribution is -0.121. The van der Waals surface area contributed by atoms with Gasteiger partial charge in [-0.15, -0.1) is 5.10 Å². The number of hydrogen-bond acceptors (Lipinski definition) is 6. The highest BCUT2D eigenvalue weighted by atomic mass is 32.2. The van der Waals surface area contributed by atoms with Crippen molar-refractivity contribution < 1.29 is 17.6 Å². The van der Waals surface area contributed by atoms with Gasteiger partial charge in [-0.25, -0.2) is 8.42 Å². The fraction of sp³-hybridized carbons (Fsp3) is 0.526. The molecule has 1 fully saturated rings. The molecular weight excluding hydrogens is 380 g/mol. The van der Waals surface area contributed by atoms with Crippen LogP contribution in [0.25, 0.3) is 0 Å². The highest BCUT2D eigenvalue weighted by molar-refractivity contribution is 7.89. The van der Waals surface area contributed by atoms with Crippen LogP contribution in [0.1, 0.15) is 42.7 Å². The number of benzene rings is 1. The number of nitrogens with one attached hydrogen (secondary N) is 1. The highest BCUT2D eigenvalue weighted by Crippen LogP contribution is 2.28. The van der Waals surface area contributed by atoms with Crippen LogP contribution in [0.4, 0.5) is 6.01 Å². The van der Waals surface area contributed by atoms with Crippen LogP contribution in [0.3, 0.4) is 0 Å². The number of fused-ring (bicyclic) bond motifs is 1. The van der Waals surface area contributed by atoms with Gasteiger partial charge in [-0.2, -0.15) is 4.31 Å². The van der Waals surface area contributed by atoms with Gasteiger partial charge in [0.2, 0.25) is 21.8 Å². The van der Waals surface area contributed by atoms with Gasteiger partial charge >= 0.3 is 6.01 Å². The molecule has 2 aliphatic rings. The molecule has 0 spiro atoms. The predicted octanol–water partition coefficient (Wildman–Crippen LogP) is 2.30. The van der Waals surface area contributed by atoms with E-state index in [0.29, 0.717) is 36.7 Å². The number of rotatable bonds is 4. The molecular formula is C19H24N4O4S. The van der Waals surface area contributed by atoms with Crippen molar-refractivity contribution in [2.24, 2.45) is 5.92 Å². The summed E-state index contributed by atoms with van der Waals surface area (Å²) in [4.78, 5) is 12.7. The van der Waals surface area contributed by atoms with Crippen LogP contribution in [0.5, 0.6) is 0 Å². The Morgan fingerprint density at radius 1 is 1.14 bits per heavy atom. The van der Waals surface area contributed by atoms with Crippen LogP contribution >= 0.6 is 0 Å². The topological polar surface area (TPSA) is 105 Å². The van der Waals surface area contributed by atoms with Crippen molar-refractivity contribution in [1.82, 2.24) is 14.5 Å². The molecule has 8 nitrogen and oxygen atoms in total. The lowest BCUT2D eigenvalue weighted by Gasteiger charge is -2.30. The summed E-state index contributed by atoms with van der Waals surface area (Å²) < 4.78 is 32.7. The maximum Gasteiger partial charge on any atom is 0.322 e. The molecule has 0 radical (unpaired) electrons. The molecule has 1 aliphatic carbocycles. The minimum absolute atomic E-state index is 0.0756. The van der Waals surface area contributed by atoms with Crippen LogP contribution in [0.15, 0.2) is 27.5 Å². The van der Waals surface area contributed by atoms with Gasteiger partial charge in [0.05, 0.1) is 4.90 Å². The number of hydrogen-bond donors (Lipinski definition) is 1. The quantitative estimate of drug-likeness (QED) is 0.838. The molecule has 28 heavy (non-hydrogen) atoms. The average molecular weight is 404 g/mol. The first kappa shape index (κ1) is 19.1. The second-order valence-corrected chi connectivity index (χ2v) is 9.37. The Hall–Kier alpha value is -2.26. The molecule has 4 rings (SSSR count). The summed E-state index contributed by atoms with van der Waals surface area (Å²) in [6.45, 7) is 2.29. The van der Waals surface area contributed by atoms with E-state index in [4.69, 9.17) is 4.42 Å². The molecule has 2 aromatic rings. The Morgan fingerprint density at radius 2 is 1.86 bits per heavy atom. The fourth-order valence-electron chi connectivity index (χ4n) is 3.93. The highest BCUT2D eigenvalue weighted by Gasteiger charge is 2.33. The third-order valence-electron chi connectivity index (χ3n) is 5.54. The van der Waals surface area contributed by atoms with Gasteiger partial charge in [-0.1, -0.05) is 11.2 Å². The van der Waals surface area contributed by atoms with E-state index in [-0.39, 0.29) is 17.8 Å². The van der Waals surface area contributed by atoms with Crippen molar-refractivity contribution in [2.45, 2.75) is 50.3 Å². The Labute approximate surface area is 164 Å². The van der Waals surface area contributed by atoms with E-state index < -0.39 is 10.0 Å². The maximum absolute atomic E-state index is 13.0. The van der Waals surface area contributed by atoms with Crippen molar-refractivity contribution >= 4 is 21.9 Å². The number of piperidine rings is 1. The molecule has 1 aromatic heterocycles. The number of aryl methyl sites for hydroxylation is 3. The molecule has 0 unspecified atom stereocenters. The number of nitrogens with zero attached hydrogens (tertiary/aromatic N) is 3. The average Bonchev–Trinajstić information content (AvgIpc) is 3.12. The Kier molecular flexibility index (Phi) is 5.20. The summed E-state index contributed by atoms with van der Waals surface area (Å²) in [5.74, 6) is -0.113. The second-order valence-electron chi connectivity index (χ2n) is 7.43. The molecule has 1 N–H and O–H groups in total. The van der Waals surface area contributed by atoms with Crippen molar-refractivity contribution in [3.8, 4) is 0 Å². The fourth-order valence-corrected chi connectivity index (χ4v) is 5.45. The first-order chi connectivity index (χ1) is 13.4. The largest absolute Gasteiger partial charge is 0.408 e. The third-order valence-corrected chi connectivity index (χ3v) is 7.43. The SMILES string of the molecule is Cc1nnc(NC(=O)C2CCN(S(=O)(=O)c3ccc4c(c3)CCCC4)CC2)o1. The summed E-state index contributed by atoms with van der Waals surface area (Å²) in [7, 11) is -3.54. The summed E-state index contributed by atoms with van der Waals surface area (Å²) in [6, 6.07) is 5.58. The number of carbonyl (C=O) groups is 1. The molecule has 0 saturated carbocycles. The number of carbonyl (C=O) groups excluding carboxylic acids is 1. The summed E-state index contributed by atoms with van der Waals surface area (Å²) in [5, 5.41) is 10.0. The van der Waals surface area contributed by atoms with Gasteiger partial charge in [0.25, 0.3) is 0 Å². The minimum Gasteiger partial charge on any atom is -0.408 e. The molecule has 1 saturated heterocycles. The monoisotopic (exact) mass is 404 g/mol. The lowest BCUT2D eigenvalue weighted by Crippen LogP contribution is -2.41.